The standard InChI is InChI=1S/C23H15NS/c1-24-19-13-15-7-3-2-6-14(15)12-18(19)16-10-11-21-22(23(16)24)17-8-4-5-9-20(17)25-21/h2-13H,1H3. The Morgan fingerprint density at radius 2 is 1.44 bits per heavy atom. The van der Waals surface area contributed by atoms with Crippen molar-refractivity contribution in [3.8, 4) is 0 Å². The number of aromatic nitrogens is 1. The Morgan fingerprint density at radius 3 is 2.32 bits per heavy atom. The van der Waals surface area contributed by atoms with Crippen LogP contribution in [0, 0.1) is 0 Å². The molecule has 0 bridgehead atoms. The molecule has 4 aromatic carbocycles. The van der Waals surface area contributed by atoms with Crippen molar-refractivity contribution < 1.29 is 0 Å². The molecule has 0 fully saturated rings. The summed E-state index contributed by atoms with van der Waals surface area (Å²) < 4.78 is 5.10. The van der Waals surface area contributed by atoms with Crippen molar-refractivity contribution in [1.82, 2.24) is 4.57 Å². The summed E-state index contributed by atoms with van der Waals surface area (Å²) in [5.74, 6) is 0. The molecule has 6 rings (SSSR count). The van der Waals surface area contributed by atoms with Crippen LogP contribution in [-0.2, 0) is 7.05 Å². The summed E-state index contributed by atoms with van der Waals surface area (Å²) in [5.41, 5.74) is 2.65. The van der Waals surface area contributed by atoms with Crippen molar-refractivity contribution in [3.05, 3.63) is 72.8 Å². The number of rotatable bonds is 0. The van der Waals surface area contributed by atoms with E-state index in [1.807, 2.05) is 11.3 Å². The molecule has 0 spiro atoms. The fourth-order valence-corrected chi connectivity index (χ4v) is 5.31. The number of thiophene rings is 1. The lowest BCUT2D eigenvalue weighted by Gasteiger charge is -2.02. The lowest BCUT2D eigenvalue weighted by molar-refractivity contribution is 1.02. The van der Waals surface area contributed by atoms with Gasteiger partial charge in [-0.1, -0.05) is 48.5 Å². The van der Waals surface area contributed by atoms with Crippen LogP contribution >= 0.6 is 11.3 Å². The fourth-order valence-electron chi connectivity index (χ4n) is 4.21. The third-order valence-corrected chi connectivity index (χ3v) is 6.50. The van der Waals surface area contributed by atoms with Gasteiger partial charge in [-0.25, -0.2) is 0 Å². The van der Waals surface area contributed by atoms with Crippen molar-refractivity contribution in [2.24, 2.45) is 7.05 Å². The molecule has 0 amide bonds. The number of nitrogens with zero attached hydrogens (tertiary/aromatic N) is 1. The van der Waals surface area contributed by atoms with E-state index in [1.54, 1.807) is 0 Å². The van der Waals surface area contributed by atoms with E-state index in [0.29, 0.717) is 0 Å². The average Bonchev–Trinajstić information content (AvgIpc) is 3.16. The number of aryl methyl sites for hydroxylation is 1. The molecular formula is C23H15NS. The quantitative estimate of drug-likeness (QED) is 0.285. The molecular weight excluding hydrogens is 322 g/mol. The minimum atomic E-state index is 1.30. The molecule has 0 unspecified atom stereocenters. The molecule has 6 aromatic rings. The molecule has 0 aliphatic carbocycles. The summed E-state index contributed by atoms with van der Waals surface area (Å²) in [6.45, 7) is 0. The number of benzene rings is 4. The van der Waals surface area contributed by atoms with E-state index in [2.05, 4.69) is 84.4 Å². The zero-order valence-corrected chi connectivity index (χ0v) is 14.6. The van der Waals surface area contributed by atoms with Gasteiger partial charge in [0.2, 0.25) is 0 Å². The molecule has 0 N–H and O–H groups in total. The summed E-state index contributed by atoms with van der Waals surface area (Å²) >= 11 is 1.88. The molecule has 0 atom stereocenters. The molecule has 2 aromatic heterocycles. The van der Waals surface area contributed by atoms with Crippen molar-refractivity contribution in [1.29, 1.82) is 0 Å². The van der Waals surface area contributed by atoms with Crippen molar-refractivity contribution in [3.63, 3.8) is 0 Å². The fraction of sp³-hybridized carbons (Fsp3) is 0.0435. The molecule has 0 saturated heterocycles. The highest BCUT2D eigenvalue weighted by atomic mass is 32.1. The number of hydrogen-bond acceptors (Lipinski definition) is 1. The van der Waals surface area contributed by atoms with Gasteiger partial charge in [-0.05, 0) is 35.0 Å². The summed E-state index contributed by atoms with van der Waals surface area (Å²) in [6.07, 6.45) is 0. The topological polar surface area (TPSA) is 4.93 Å². The minimum absolute atomic E-state index is 1.30. The molecule has 0 aliphatic heterocycles. The molecule has 2 heterocycles. The zero-order valence-electron chi connectivity index (χ0n) is 13.8. The van der Waals surface area contributed by atoms with Crippen LogP contribution in [0.3, 0.4) is 0 Å². The normalized spacial score (nSPS) is 12.2. The molecule has 2 heteroatoms. The second-order valence-electron chi connectivity index (χ2n) is 6.71. The first-order chi connectivity index (χ1) is 12.3. The Kier molecular flexibility index (Phi) is 2.48. The van der Waals surface area contributed by atoms with E-state index in [9.17, 15) is 0 Å². The Morgan fingerprint density at radius 1 is 0.680 bits per heavy atom. The summed E-state index contributed by atoms with van der Waals surface area (Å²) in [5, 5.41) is 8.04. The highest BCUT2D eigenvalue weighted by molar-refractivity contribution is 7.26. The molecule has 0 aliphatic rings. The van der Waals surface area contributed by atoms with Crippen LogP contribution in [0.2, 0.25) is 0 Å². The highest BCUT2D eigenvalue weighted by Gasteiger charge is 2.15. The van der Waals surface area contributed by atoms with Gasteiger partial charge < -0.3 is 4.57 Å². The molecule has 0 radical (unpaired) electrons. The van der Waals surface area contributed by atoms with Crippen LogP contribution in [0.25, 0.3) is 52.8 Å². The maximum atomic E-state index is 2.37. The van der Waals surface area contributed by atoms with Crippen molar-refractivity contribution >= 4 is 64.1 Å². The van der Waals surface area contributed by atoms with Gasteiger partial charge in [0.15, 0.2) is 0 Å². The summed E-state index contributed by atoms with van der Waals surface area (Å²) in [6, 6.07) is 26.6. The monoisotopic (exact) mass is 337 g/mol. The Hall–Kier alpha value is -2.84. The second kappa shape index (κ2) is 4.62. The number of hydrogen-bond donors (Lipinski definition) is 0. The summed E-state index contributed by atoms with van der Waals surface area (Å²) in [7, 11) is 2.20. The third-order valence-electron chi connectivity index (χ3n) is 5.37. The molecule has 0 saturated carbocycles. The first-order valence-corrected chi connectivity index (χ1v) is 9.34. The lowest BCUT2D eigenvalue weighted by atomic mass is 10.0. The Bertz CT molecular complexity index is 1450. The van der Waals surface area contributed by atoms with Gasteiger partial charge in [0.1, 0.15) is 0 Å². The Balaban J connectivity index is 1.93. The average molecular weight is 337 g/mol. The van der Waals surface area contributed by atoms with Crippen LogP contribution in [-0.4, -0.2) is 4.57 Å². The SMILES string of the molecule is Cn1c2cc3ccccc3cc2c2ccc3sc4ccccc4c3c21. The van der Waals surface area contributed by atoms with Crippen molar-refractivity contribution in [2.45, 2.75) is 0 Å². The zero-order chi connectivity index (χ0) is 16.5. The number of fused-ring (bicyclic) bond motifs is 8. The largest absolute Gasteiger partial charge is 0.343 e. The highest BCUT2D eigenvalue weighted by Crippen LogP contribution is 2.41. The minimum Gasteiger partial charge on any atom is -0.343 e. The first kappa shape index (κ1) is 13.5. The molecule has 1 nitrogen and oxygen atoms in total. The van der Waals surface area contributed by atoms with Gasteiger partial charge in [0.25, 0.3) is 0 Å². The van der Waals surface area contributed by atoms with Gasteiger partial charge in [0.05, 0.1) is 5.52 Å². The van der Waals surface area contributed by atoms with E-state index >= 15 is 0 Å². The van der Waals surface area contributed by atoms with Gasteiger partial charge in [-0.15, -0.1) is 11.3 Å². The maximum absolute atomic E-state index is 2.37. The predicted molar refractivity (Wildman–Crippen MR) is 111 cm³/mol. The third kappa shape index (κ3) is 1.67. The van der Waals surface area contributed by atoms with Crippen molar-refractivity contribution in [2.75, 3.05) is 0 Å². The van der Waals surface area contributed by atoms with Crippen LogP contribution in [0.15, 0.2) is 72.8 Å². The van der Waals surface area contributed by atoms with Gasteiger partial charge in [-0.2, -0.15) is 0 Å². The van der Waals surface area contributed by atoms with Gasteiger partial charge >= 0.3 is 0 Å². The Labute approximate surface area is 148 Å². The first-order valence-electron chi connectivity index (χ1n) is 8.52. The molecule has 118 valence electrons. The smallest absolute Gasteiger partial charge is 0.0583 e. The second-order valence-corrected chi connectivity index (χ2v) is 7.79. The van der Waals surface area contributed by atoms with E-state index in [-0.39, 0.29) is 0 Å². The lowest BCUT2D eigenvalue weighted by Crippen LogP contribution is -1.87. The van der Waals surface area contributed by atoms with E-state index in [0.717, 1.165) is 0 Å². The maximum Gasteiger partial charge on any atom is 0.0583 e. The summed E-state index contributed by atoms with van der Waals surface area (Å²) in [4.78, 5) is 0. The van der Waals surface area contributed by atoms with E-state index in [4.69, 9.17) is 0 Å². The molecule has 25 heavy (non-hydrogen) atoms. The van der Waals surface area contributed by atoms with E-state index < -0.39 is 0 Å². The van der Waals surface area contributed by atoms with Gasteiger partial charge in [0, 0.05) is 43.5 Å². The van der Waals surface area contributed by atoms with Crippen LogP contribution in [0.1, 0.15) is 0 Å². The van der Waals surface area contributed by atoms with E-state index in [1.165, 1.54) is 52.8 Å². The van der Waals surface area contributed by atoms with Crippen LogP contribution in [0.5, 0.6) is 0 Å². The van der Waals surface area contributed by atoms with Crippen LogP contribution in [0.4, 0.5) is 0 Å². The predicted octanol–water partition coefficient (Wildman–Crippen LogP) is 6.85. The van der Waals surface area contributed by atoms with Crippen LogP contribution < -0.4 is 0 Å². The van der Waals surface area contributed by atoms with Gasteiger partial charge in [-0.3, -0.25) is 0 Å².